The first-order valence-corrected chi connectivity index (χ1v) is 4.02. The van der Waals surface area contributed by atoms with Gasteiger partial charge in [-0.05, 0) is 7.05 Å². The van der Waals surface area contributed by atoms with E-state index >= 15 is 0 Å². The molecule has 0 fully saturated rings. The van der Waals surface area contributed by atoms with Crippen LogP contribution in [0, 0.1) is 0 Å². The highest BCUT2D eigenvalue weighted by Gasteiger charge is 2.29. The molecule has 4 atom stereocenters. The smallest absolute Gasteiger partial charge is 0.111 e. The van der Waals surface area contributed by atoms with Gasteiger partial charge in [-0.15, -0.1) is 0 Å². The molecule has 0 spiro atoms. The zero-order valence-corrected chi connectivity index (χ0v) is 7.46. The molecule has 0 aliphatic carbocycles. The zero-order chi connectivity index (χ0) is 10.4. The van der Waals surface area contributed by atoms with Crippen molar-refractivity contribution in [3.63, 3.8) is 0 Å². The van der Waals surface area contributed by atoms with E-state index in [9.17, 15) is 5.11 Å². The first-order valence-electron chi connectivity index (χ1n) is 4.02. The minimum Gasteiger partial charge on any atom is -0.394 e. The van der Waals surface area contributed by atoms with Gasteiger partial charge in [0.2, 0.25) is 0 Å². The van der Waals surface area contributed by atoms with Crippen LogP contribution in [0.25, 0.3) is 0 Å². The van der Waals surface area contributed by atoms with Crippen molar-refractivity contribution in [2.75, 3.05) is 20.2 Å². The topological polar surface area (TPSA) is 113 Å². The van der Waals surface area contributed by atoms with Crippen LogP contribution in [0.3, 0.4) is 0 Å². The van der Waals surface area contributed by atoms with Crippen molar-refractivity contribution >= 4 is 0 Å². The van der Waals surface area contributed by atoms with E-state index in [-0.39, 0.29) is 6.54 Å². The lowest BCUT2D eigenvalue weighted by Crippen LogP contribution is -2.48. The van der Waals surface area contributed by atoms with Gasteiger partial charge < -0.3 is 30.8 Å². The molecular weight excluding hydrogens is 178 g/mol. The summed E-state index contributed by atoms with van der Waals surface area (Å²) in [5.41, 5.74) is 0. The van der Waals surface area contributed by atoms with Crippen LogP contribution in [0.4, 0.5) is 0 Å². The maximum Gasteiger partial charge on any atom is 0.111 e. The Morgan fingerprint density at radius 1 is 1.00 bits per heavy atom. The van der Waals surface area contributed by atoms with Gasteiger partial charge in [-0.1, -0.05) is 0 Å². The third-order valence-electron chi connectivity index (χ3n) is 1.74. The van der Waals surface area contributed by atoms with Crippen molar-refractivity contribution in [1.82, 2.24) is 5.32 Å². The predicted octanol–water partition coefficient (Wildman–Crippen LogP) is -3.36. The second-order valence-electron chi connectivity index (χ2n) is 2.86. The molecule has 0 aromatic carbocycles. The lowest BCUT2D eigenvalue weighted by atomic mass is 10.0. The third-order valence-corrected chi connectivity index (χ3v) is 1.74. The molecule has 0 heterocycles. The second-order valence-corrected chi connectivity index (χ2v) is 2.86. The van der Waals surface area contributed by atoms with E-state index in [2.05, 4.69) is 5.32 Å². The van der Waals surface area contributed by atoms with Gasteiger partial charge in [0.25, 0.3) is 0 Å². The fourth-order valence-corrected chi connectivity index (χ4v) is 0.893. The third kappa shape index (κ3) is 3.99. The molecule has 6 heteroatoms. The number of nitrogens with one attached hydrogen (secondary N) is 1. The summed E-state index contributed by atoms with van der Waals surface area (Å²) < 4.78 is 0. The van der Waals surface area contributed by atoms with Gasteiger partial charge in [-0.2, -0.15) is 0 Å². The molecule has 0 aliphatic rings. The maximum atomic E-state index is 9.21. The zero-order valence-electron chi connectivity index (χ0n) is 7.46. The van der Waals surface area contributed by atoms with Crippen molar-refractivity contribution in [2.24, 2.45) is 0 Å². The van der Waals surface area contributed by atoms with Crippen molar-refractivity contribution in [3.05, 3.63) is 0 Å². The van der Waals surface area contributed by atoms with Gasteiger partial charge in [0.05, 0.1) is 12.7 Å². The Morgan fingerprint density at radius 3 is 1.85 bits per heavy atom. The summed E-state index contributed by atoms with van der Waals surface area (Å²) in [6, 6.07) is 0. The quantitative estimate of drug-likeness (QED) is 0.264. The lowest BCUT2D eigenvalue weighted by Gasteiger charge is -2.25. The SMILES string of the molecule is CNC[C@@H](O)[C@H](O)[C@H](O)[C@@H](O)CO. The molecule has 0 rings (SSSR count). The van der Waals surface area contributed by atoms with Gasteiger partial charge in [-0.25, -0.2) is 0 Å². The van der Waals surface area contributed by atoms with E-state index in [4.69, 9.17) is 20.4 Å². The number of hydrogen-bond donors (Lipinski definition) is 6. The van der Waals surface area contributed by atoms with Crippen LogP contribution in [-0.4, -0.2) is 70.1 Å². The molecule has 6 N–H and O–H groups in total. The largest absolute Gasteiger partial charge is 0.394 e. The van der Waals surface area contributed by atoms with E-state index in [0.717, 1.165) is 0 Å². The van der Waals surface area contributed by atoms with Gasteiger partial charge in [0.1, 0.15) is 18.3 Å². The van der Waals surface area contributed by atoms with Gasteiger partial charge in [0.15, 0.2) is 0 Å². The Balaban J connectivity index is 3.99. The van der Waals surface area contributed by atoms with Gasteiger partial charge >= 0.3 is 0 Å². The molecule has 0 saturated carbocycles. The van der Waals surface area contributed by atoms with Crippen molar-refractivity contribution in [2.45, 2.75) is 24.4 Å². The summed E-state index contributed by atoms with van der Waals surface area (Å²) in [6.45, 7) is -0.569. The van der Waals surface area contributed by atoms with Gasteiger partial charge in [0, 0.05) is 6.54 Å². The van der Waals surface area contributed by atoms with Crippen LogP contribution in [0.1, 0.15) is 0 Å². The summed E-state index contributed by atoms with van der Waals surface area (Å²) >= 11 is 0. The Labute approximate surface area is 76.4 Å². The summed E-state index contributed by atoms with van der Waals surface area (Å²) in [5, 5.41) is 47.5. The van der Waals surface area contributed by atoms with Crippen LogP contribution in [0.5, 0.6) is 0 Å². The van der Waals surface area contributed by atoms with Crippen LogP contribution in [-0.2, 0) is 0 Å². The lowest BCUT2D eigenvalue weighted by molar-refractivity contribution is -0.113. The monoisotopic (exact) mass is 195 g/mol. The highest BCUT2D eigenvalue weighted by atomic mass is 16.4. The summed E-state index contributed by atoms with van der Waals surface area (Å²) in [4.78, 5) is 0. The molecule has 0 bridgehead atoms. The van der Waals surface area contributed by atoms with E-state index in [1.54, 1.807) is 7.05 Å². The Bertz CT molecular complexity index is 134. The first-order chi connectivity index (χ1) is 6.04. The molecule has 0 amide bonds. The first kappa shape index (κ1) is 12.8. The van der Waals surface area contributed by atoms with E-state index in [1.807, 2.05) is 0 Å². The summed E-state index contributed by atoms with van der Waals surface area (Å²) in [6.07, 6.45) is -5.65. The average molecular weight is 195 g/mol. The highest BCUT2D eigenvalue weighted by Crippen LogP contribution is 2.04. The molecule has 0 aliphatic heterocycles. The Hall–Kier alpha value is -0.240. The van der Waals surface area contributed by atoms with Crippen molar-refractivity contribution in [3.8, 4) is 0 Å². The molecule has 13 heavy (non-hydrogen) atoms. The fourth-order valence-electron chi connectivity index (χ4n) is 0.893. The molecule has 0 radical (unpaired) electrons. The molecule has 6 nitrogen and oxygen atoms in total. The minimum absolute atomic E-state index is 0.0936. The van der Waals surface area contributed by atoms with Crippen molar-refractivity contribution in [1.29, 1.82) is 0 Å². The van der Waals surface area contributed by atoms with Crippen LogP contribution < -0.4 is 5.32 Å². The molecule has 80 valence electrons. The number of rotatable bonds is 6. The molecule has 0 saturated heterocycles. The number of aliphatic hydroxyl groups excluding tert-OH is 5. The van der Waals surface area contributed by atoms with Crippen molar-refractivity contribution < 1.29 is 25.5 Å². The number of aliphatic hydroxyl groups is 5. The Morgan fingerprint density at radius 2 is 1.46 bits per heavy atom. The standard InChI is InChI=1S/C7H17NO5/c1-8-2-4(10)6(12)7(13)5(11)3-9/h4-13H,2-3H2,1H3/t4-,5+,6+,7-/m1/s1. The Kier molecular flexibility index (Phi) is 6.13. The van der Waals surface area contributed by atoms with E-state index < -0.39 is 31.0 Å². The van der Waals surface area contributed by atoms with E-state index in [0.29, 0.717) is 0 Å². The molecule has 0 aromatic rings. The fraction of sp³-hybridized carbons (Fsp3) is 1.00. The van der Waals surface area contributed by atoms with E-state index in [1.165, 1.54) is 0 Å². The van der Waals surface area contributed by atoms with Gasteiger partial charge in [-0.3, -0.25) is 0 Å². The second kappa shape index (κ2) is 6.25. The minimum atomic E-state index is -1.55. The molecule has 0 unspecified atom stereocenters. The highest BCUT2D eigenvalue weighted by molar-refractivity contribution is 4.81. The number of hydrogen-bond acceptors (Lipinski definition) is 6. The number of likely N-dealkylation sites (N-methyl/N-ethyl adjacent to an activating group) is 1. The predicted molar refractivity (Wildman–Crippen MR) is 45.0 cm³/mol. The average Bonchev–Trinajstić information content (AvgIpc) is 2.14. The van der Waals surface area contributed by atoms with Crippen LogP contribution in [0.2, 0.25) is 0 Å². The normalized spacial score (nSPS) is 20.8. The summed E-state index contributed by atoms with van der Waals surface area (Å²) in [7, 11) is 1.57. The van der Waals surface area contributed by atoms with Crippen LogP contribution >= 0.6 is 0 Å². The maximum absolute atomic E-state index is 9.21. The molecular formula is C7H17NO5. The van der Waals surface area contributed by atoms with Crippen LogP contribution in [0.15, 0.2) is 0 Å². The summed E-state index contributed by atoms with van der Waals surface area (Å²) in [5.74, 6) is 0. The molecule has 0 aromatic heterocycles.